The molecule has 0 aliphatic carbocycles. The number of ether oxygens (including phenoxy) is 1. The summed E-state index contributed by atoms with van der Waals surface area (Å²) in [6.45, 7) is 2.22. The average Bonchev–Trinajstić information content (AvgIpc) is 2.72. The van der Waals surface area contributed by atoms with Gasteiger partial charge in [-0.1, -0.05) is 58.3 Å². The third kappa shape index (κ3) is 7.90. The number of ketones is 1. The summed E-state index contributed by atoms with van der Waals surface area (Å²) in [5, 5.41) is 19.2. The molecule has 162 valence electrons. The Kier molecular flexibility index (Phi) is 9.92. The zero-order valence-electron chi connectivity index (χ0n) is 17.7. The fourth-order valence-corrected chi connectivity index (χ4v) is 3.30. The lowest BCUT2D eigenvalue weighted by atomic mass is 10.0. The van der Waals surface area contributed by atoms with E-state index in [0.717, 1.165) is 25.3 Å². The van der Waals surface area contributed by atoms with Crippen molar-refractivity contribution in [2.75, 3.05) is 0 Å². The number of hydrogen-bond acceptors (Lipinski definition) is 5. The highest BCUT2D eigenvalue weighted by atomic mass is 16.5. The first-order chi connectivity index (χ1) is 14.5. The Hall–Kier alpha value is -2.82. The number of aromatic hydroxyl groups is 2. The summed E-state index contributed by atoms with van der Waals surface area (Å²) in [5.41, 5.74) is 0.456. The van der Waals surface area contributed by atoms with Crippen molar-refractivity contribution in [3.05, 3.63) is 53.6 Å². The Morgan fingerprint density at radius 1 is 0.800 bits per heavy atom. The normalized spacial score (nSPS) is 10.7. The molecule has 30 heavy (non-hydrogen) atoms. The van der Waals surface area contributed by atoms with Crippen LogP contribution in [0.5, 0.6) is 17.2 Å². The van der Waals surface area contributed by atoms with Crippen LogP contribution in [0.25, 0.3) is 0 Å². The molecule has 5 heteroatoms. The first-order valence-electron chi connectivity index (χ1n) is 10.9. The van der Waals surface area contributed by atoms with Crippen LogP contribution in [0.15, 0.2) is 42.5 Å². The SMILES string of the molecule is CCCCCCCCCCCC(=O)Oc1ccc(C(=O)c2ccc(O)cc2O)cc1. The van der Waals surface area contributed by atoms with Crippen molar-refractivity contribution in [2.24, 2.45) is 0 Å². The van der Waals surface area contributed by atoms with Crippen LogP contribution in [0.3, 0.4) is 0 Å². The predicted molar refractivity (Wildman–Crippen MR) is 117 cm³/mol. The van der Waals surface area contributed by atoms with Gasteiger partial charge in [-0.3, -0.25) is 9.59 Å². The smallest absolute Gasteiger partial charge is 0.311 e. The molecule has 0 aliphatic heterocycles. The topological polar surface area (TPSA) is 83.8 Å². The van der Waals surface area contributed by atoms with E-state index in [-0.39, 0.29) is 28.8 Å². The zero-order valence-corrected chi connectivity index (χ0v) is 17.7. The van der Waals surface area contributed by atoms with Crippen LogP contribution < -0.4 is 4.74 Å². The van der Waals surface area contributed by atoms with Crippen molar-refractivity contribution in [3.63, 3.8) is 0 Å². The maximum Gasteiger partial charge on any atom is 0.311 e. The molecule has 5 nitrogen and oxygen atoms in total. The molecule has 0 heterocycles. The Morgan fingerprint density at radius 2 is 1.40 bits per heavy atom. The molecule has 0 bridgehead atoms. The number of carbonyl (C=O) groups is 2. The van der Waals surface area contributed by atoms with E-state index in [9.17, 15) is 19.8 Å². The van der Waals surface area contributed by atoms with Gasteiger partial charge < -0.3 is 14.9 Å². The minimum Gasteiger partial charge on any atom is -0.508 e. The molecule has 0 spiro atoms. The standard InChI is InChI=1S/C25H32O5/c1-2-3-4-5-6-7-8-9-10-11-24(28)30-21-15-12-19(13-16-21)25(29)22-17-14-20(26)18-23(22)27/h12-18,26-27H,2-11H2,1H3. The van der Waals surface area contributed by atoms with Gasteiger partial charge in [-0.15, -0.1) is 0 Å². The molecule has 2 aromatic carbocycles. The Balaban J connectivity index is 1.71. The maximum absolute atomic E-state index is 12.5. The molecule has 0 fully saturated rings. The van der Waals surface area contributed by atoms with Gasteiger partial charge in [0.15, 0.2) is 5.78 Å². The molecular formula is C25H32O5. The summed E-state index contributed by atoms with van der Waals surface area (Å²) in [4.78, 5) is 24.5. The fraction of sp³-hybridized carbons (Fsp3) is 0.440. The molecule has 0 unspecified atom stereocenters. The molecular weight excluding hydrogens is 380 g/mol. The lowest BCUT2D eigenvalue weighted by Crippen LogP contribution is -2.08. The second kappa shape index (κ2) is 12.7. The van der Waals surface area contributed by atoms with E-state index >= 15 is 0 Å². The van der Waals surface area contributed by atoms with Crippen LogP contribution in [0.1, 0.15) is 87.1 Å². The number of carbonyl (C=O) groups excluding carboxylic acids is 2. The summed E-state index contributed by atoms with van der Waals surface area (Å²) in [7, 11) is 0. The van der Waals surface area contributed by atoms with Gasteiger partial charge in [0.2, 0.25) is 0 Å². The van der Waals surface area contributed by atoms with Gasteiger partial charge in [0, 0.05) is 18.1 Å². The first kappa shape index (κ1) is 23.5. The number of phenols is 2. The van der Waals surface area contributed by atoms with Crippen molar-refractivity contribution in [2.45, 2.75) is 71.1 Å². The molecule has 0 aromatic heterocycles. The molecule has 0 radical (unpaired) electrons. The molecule has 0 atom stereocenters. The monoisotopic (exact) mass is 412 g/mol. The lowest BCUT2D eigenvalue weighted by molar-refractivity contribution is -0.134. The highest BCUT2D eigenvalue weighted by molar-refractivity contribution is 6.10. The van der Waals surface area contributed by atoms with E-state index in [1.54, 1.807) is 24.3 Å². The van der Waals surface area contributed by atoms with E-state index in [1.165, 1.54) is 50.7 Å². The molecule has 0 aliphatic rings. The quantitative estimate of drug-likeness (QED) is 0.178. The molecule has 2 rings (SSSR count). The molecule has 0 saturated heterocycles. The van der Waals surface area contributed by atoms with Crippen LogP contribution >= 0.6 is 0 Å². The summed E-state index contributed by atoms with van der Waals surface area (Å²) >= 11 is 0. The Labute approximate surface area is 178 Å². The highest BCUT2D eigenvalue weighted by Crippen LogP contribution is 2.25. The van der Waals surface area contributed by atoms with Gasteiger partial charge in [0.05, 0.1) is 5.56 Å². The minimum atomic E-state index is -0.375. The largest absolute Gasteiger partial charge is 0.508 e. The number of esters is 1. The van der Waals surface area contributed by atoms with Crippen LogP contribution in [-0.4, -0.2) is 22.0 Å². The third-order valence-electron chi connectivity index (χ3n) is 5.06. The first-order valence-corrected chi connectivity index (χ1v) is 10.9. The van der Waals surface area contributed by atoms with Gasteiger partial charge in [-0.25, -0.2) is 0 Å². The fourth-order valence-electron chi connectivity index (χ4n) is 3.30. The lowest BCUT2D eigenvalue weighted by Gasteiger charge is -2.07. The van der Waals surface area contributed by atoms with Crippen molar-refractivity contribution < 1.29 is 24.5 Å². The number of unbranched alkanes of at least 4 members (excludes halogenated alkanes) is 8. The summed E-state index contributed by atoms with van der Waals surface area (Å²) in [6, 6.07) is 10.1. The molecule has 0 saturated carbocycles. The van der Waals surface area contributed by atoms with Crippen LogP contribution in [-0.2, 0) is 4.79 Å². The summed E-state index contributed by atoms with van der Waals surface area (Å²) < 4.78 is 5.33. The van der Waals surface area contributed by atoms with Gasteiger partial charge in [0.25, 0.3) is 0 Å². The molecule has 2 N–H and O–H groups in total. The van der Waals surface area contributed by atoms with Crippen LogP contribution in [0.2, 0.25) is 0 Å². The van der Waals surface area contributed by atoms with Gasteiger partial charge in [0.1, 0.15) is 17.2 Å². The number of phenolic OH excluding ortho intramolecular Hbond substituents is 2. The van der Waals surface area contributed by atoms with E-state index in [0.29, 0.717) is 17.7 Å². The van der Waals surface area contributed by atoms with Crippen molar-refractivity contribution in [1.29, 1.82) is 0 Å². The average molecular weight is 413 g/mol. The van der Waals surface area contributed by atoms with Crippen molar-refractivity contribution >= 4 is 11.8 Å². The van der Waals surface area contributed by atoms with Crippen LogP contribution in [0, 0.1) is 0 Å². The van der Waals surface area contributed by atoms with E-state index in [1.807, 2.05) is 0 Å². The molecule has 2 aromatic rings. The van der Waals surface area contributed by atoms with Crippen molar-refractivity contribution in [1.82, 2.24) is 0 Å². The summed E-state index contributed by atoms with van der Waals surface area (Å²) in [5.74, 6) is -0.648. The predicted octanol–water partition coefficient (Wildman–Crippen LogP) is 6.16. The summed E-state index contributed by atoms with van der Waals surface area (Å²) in [6.07, 6.45) is 11.1. The Bertz CT molecular complexity index is 811. The van der Waals surface area contributed by atoms with E-state index in [4.69, 9.17) is 4.74 Å². The maximum atomic E-state index is 12.5. The van der Waals surface area contributed by atoms with Gasteiger partial charge in [-0.05, 0) is 42.8 Å². The third-order valence-corrected chi connectivity index (χ3v) is 5.06. The molecule has 0 amide bonds. The second-order valence-electron chi connectivity index (χ2n) is 7.61. The number of hydrogen-bond donors (Lipinski definition) is 2. The second-order valence-corrected chi connectivity index (χ2v) is 7.61. The van der Waals surface area contributed by atoms with E-state index in [2.05, 4.69) is 6.92 Å². The Morgan fingerprint density at radius 3 is 2.00 bits per heavy atom. The van der Waals surface area contributed by atoms with Gasteiger partial charge >= 0.3 is 5.97 Å². The van der Waals surface area contributed by atoms with Crippen LogP contribution in [0.4, 0.5) is 0 Å². The van der Waals surface area contributed by atoms with Crippen molar-refractivity contribution in [3.8, 4) is 17.2 Å². The number of benzene rings is 2. The highest BCUT2D eigenvalue weighted by Gasteiger charge is 2.14. The van der Waals surface area contributed by atoms with Gasteiger partial charge in [-0.2, -0.15) is 0 Å². The zero-order chi connectivity index (χ0) is 21.8. The minimum absolute atomic E-state index is 0.0999. The number of rotatable bonds is 13. The van der Waals surface area contributed by atoms with E-state index < -0.39 is 0 Å².